The van der Waals surface area contributed by atoms with E-state index < -0.39 is 10.0 Å². The van der Waals surface area contributed by atoms with Crippen molar-refractivity contribution in [3.63, 3.8) is 0 Å². The first-order valence-electron chi connectivity index (χ1n) is 7.34. The third kappa shape index (κ3) is 3.96. The molecule has 1 unspecified atom stereocenters. The summed E-state index contributed by atoms with van der Waals surface area (Å²) in [6, 6.07) is 5.96. The van der Waals surface area contributed by atoms with Crippen molar-refractivity contribution in [2.45, 2.75) is 45.6 Å². The van der Waals surface area contributed by atoms with Crippen molar-refractivity contribution < 1.29 is 8.42 Å². The van der Waals surface area contributed by atoms with E-state index in [2.05, 4.69) is 10.0 Å². The lowest BCUT2D eigenvalue weighted by atomic mass is 10.1. The van der Waals surface area contributed by atoms with E-state index in [0.717, 1.165) is 49.0 Å². The third-order valence-corrected chi connectivity index (χ3v) is 5.19. The van der Waals surface area contributed by atoms with Crippen molar-refractivity contribution in [1.29, 1.82) is 0 Å². The van der Waals surface area contributed by atoms with E-state index in [-0.39, 0.29) is 11.8 Å². The fourth-order valence-corrected chi connectivity index (χ4v) is 4.20. The molecular weight excluding hydrogens is 272 g/mol. The molecule has 1 atom stereocenters. The van der Waals surface area contributed by atoms with E-state index in [1.807, 2.05) is 32.0 Å². The number of hydrogen-bond donors (Lipinski definition) is 2. The van der Waals surface area contributed by atoms with Gasteiger partial charge in [0.1, 0.15) is 0 Å². The molecule has 0 aliphatic carbocycles. The second kappa shape index (κ2) is 6.59. The summed E-state index contributed by atoms with van der Waals surface area (Å²) in [5, 5.41) is 3.29. The zero-order chi connectivity index (χ0) is 14.6. The largest absolute Gasteiger partial charge is 0.313 e. The summed E-state index contributed by atoms with van der Waals surface area (Å²) in [5.74, 6) is 0.157. The highest BCUT2D eigenvalue weighted by Gasteiger charge is 2.22. The van der Waals surface area contributed by atoms with Crippen LogP contribution in [-0.4, -0.2) is 26.8 Å². The number of hydrogen-bond acceptors (Lipinski definition) is 3. The molecule has 20 heavy (non-hydrogen) atoms. The van der Waals surface area contributed by atoms with Crippen LogP contribution in [0.5, 0.6) is 0 Å². The molecule has 5 heteroatoms. The monoisotopic (exact) mass is 296 g/mol. The lowest BCUT2D eigenvalue weighted by molar-refractivity contribution is 0.424. The molecule has 0 amide bonds. The standard InChI is InChI=1S/C15H24N2O2S/c1-3-13-8-6-7-12(2)15(13)17-20(18,19)11-14-9-4-5-10-16-14/h6-8,14,16-17H,3-5,9-11H2,1-2H3. The van der Waals surface area contributed by atoms with Gasteiger partial charge < -0.3 is 5.32 Å². The summed E-state index contributed by atoms with van der Waals surface area (Å²) in [5.41, 5.74) is 2.78. The predicted octanol–water partition coefficient (Wildman–Crippen LogP) is 2.44. The van der Waals surface area contributed by atoms with E-state index in [9.17, 15) is 8.42 Å². The molecule has 0 saturated carbocycles. The average molecular weight is 296 g/mol. The van der Waals surface area contributed by atoms with Crippen LogP contribution in [0.2, 0.25) is 0 Å². The van der Waals surface area contributed by atoms with Crippen LogP contribution in [0.15, 0.2) is 18.2 Å². The summed E-state index contributed by atoms with van der Waals surface area (Å²) in [6.07, 6.45) is 4.01. The average Bonchev–Trinajstić information content (AvgIpc) is 2.41. The zero-order valence-electron chi connectivity index (χ0n) is 12.3. The normalized spacial score (nSPS) is 19.8. The maximum Gasteiger partial charge on any atom is 0.234 e. The van der Waals surface area contributed by atoms with Crippen LogP contribution in [0.25, 0.3) is 0 Å². The minimum Gasteiger partial charge on any atom is -0.313 e. The molecule has 0 aromatic heterocycles. The Morgan fingerprint density at radius 2 is 2.15 bits per heavy atom. The highest BCUT2D eigenvalue weighted by Crippen LogP contribution is 2.23. The summed E-state index contributed by atoms with van der Waals surface area (Å²) in [4.78, 5) is 0. The van der Waals surface area contributed by atoms with Crippen LogP contribution >= 0.6 is 0 Å². The maximum atomic E-state index is 12.3. The molecule has 1 aromatic rings. The summed E-state index contributed by atoms with van der Waals surface area (Å²) < 4.78 is 27.5. The maximum absolute atomic E-state index is 12.3. The Balaban J connectivity index is 2.11. The molecule has 0 radical (unpaired) electrons. The first-order chi connectivity index (χ1) is 9.52. The van der Waals surface area contributed by atoms with E-state index in [1.165, 1.54) is 0 Å². The Bertz CT molecular complexity index is 549. The van der Waals surface area contributed by atoms with Gasteiger partial charge in [-0.25, -0.2) is 8.42 Å². The molecule has 1 aliphatic heterocycles. The van der Waals surface area contributed by atoms with Crippen molar-refractivity contribution in [1.82, 2.24) is 5.32 Å². The third-order valence-electron chi connectivity index (χ3n) is 3.83. The van der Waals surface area contributed by atoms with Crippen LogP contribution in [0.3, 0.4) is 0 Å². The number of anilines is 1. The summed E-state index contributed by atoms with van der Waals surface area (Å²) in [6.45, 7) is 4.90. The van der Waals surface area contributed by atoms with Crippen molar-refractivity contribution in [3.05, 3.63) is 29.3 Å². The molecule has 1 fully saturated rings. The highest BCUT2D eigenvalue weighted by atomic mass is 32.2. The number of aryl methyl sites for hydroxylation is 2. The molecule has 4 nitrogen and oxygen atoms in total. The Labute approximate surface area is 122 Å². The summed E-state index contributed by atoms with van der Waals surface area (Å²) in [7, 11) is -3.30. The molecule has 1 saturated heterocycles. The smallest absolute Gasteiger partial charge is 0.234 e. The quantitative estimate of drug-likeness (QED) is 0.877. The van der Waals surface area contributed by atoms with Crippen molar-refractivity contribution in [2.75, 3.05) is 17.0 Å². The number of benzene rings is 1. The van der Waals surface area contributed by atoms with Crippen LogP contribution in [0.1, 0.15) is 37.3 Å². The zero-order valence-corrected chi connectivity index (χ0v) is 13.1. The topological polar surface area (TPSA) is 58.2 Å². The highest BCUT2D eigenvalue weighted by molar-refractivity contribution is 7.92. The second-order valence-electron chi connectivity index (χ2n) is 5.49. The van der Waals surface area contributed by atoms with E-state index in [1.54, 1.807) is 0 Å². The van der Waals surface area contributed by atoms with Crippen molar-refractivity contribution in [3.8, 4) is 0 Å². The Morgan fingerprint density at radius 3 is 2.80 bits per heavy atom. The molecule has 0 spiro atoms. The number of nitrogens with one attached hydrogen (secondary N) is 2. The lowest BCUT2D eigenvalue weighted by Gasteiger charge is -2.24. The Morgan fingerprint density at radius 1 is 1.35 bits per heavy atom. The second-order valence-corrected chi connectivity index (χ2v) is 7.26. The minimum absolute atomic E-state index is 0.0790. The summed E-state index contributed by atoms with van der Waals surface area (Å²) >= 11 is 0. The Kier molecular flexibility index (Phi) is 5.05. The van der Waals surface area contributed by atoms with Gasteiger partial charge in [0.2, 0.25) is 10.0 Å². The number of rotatable bonds is 5. The molecule has 112 valence electrons. The molecule has 1 aromatic carbocycles. The van der Waals surface area contributed by atoms with Crippen LogP contribution in [-0.2, 0) is 16.4 Å². The molecule has 2 rings (SSSR count). The van der Waals surface area contributed by atoms with E-state index >= 15 is 0 Å². The van der Waals surface area contributed by atoms with Gasteiger partial charge in [-0.1, -0.05) is 31.5 Å². The van der Waals surface area contributed by atoms with E-state index in [4.69, 9.17) is 0 Å². The first kappa shape index (κ1) is 15.3. The van der Waals surface area contributed by atoms with Crippen LogP contribution in [0.4, 0.5) is 5.69 Å². The van der Waals surface area contributed by atoms with Gasteiger partial charge in [0, 0.05) is 6.04 Å². The molecular formula is C15H24N2O2S. The van der Waals surface area contributed by atoms with Gasteiger partial charge in [-0.15, -0.1) is 0 Å². The van der Waals surface area contributed by atoms with Gasteiger partial charge in [-0.05, 0) is 43.9 Å². The van der Waals surface area contributed by atoms with Crippen LogP contribution in [0, 0.1) is 6.92 Å². The van der Waals surface area contributed by atoms with Gasteiger partial charge >= 0.3 is 0 Å². The van der Waals surface area contributed by atoms with Gasteiger partial charge in [0.25, 0.3) is 0 Å². The molecule has 0 bridgehead atoms. The van der Waals surface area contributed by atoms with Crippen molar-refractivity contribution in [2.24, 2.45) is 0 Å². The molecule has 2 N–H and O–H groups in total. The van der Waals surface area contributed by atoms with Crippen molar-refractivity contribution >= 4 is 15.7 Å². The Hall–Kier alpha value is -1.07. The molecule has 1 heterocycles. The molecule has 1 aliphatic rings. The number of para-hydroxylation sites is 1. The lowest BCUT2D eigenvalue weighted by Crippen LogP contribution is -2.40. The van der Waals surface area contributed by atoms with E-state index in [0.29, 0.717) is 0 Å². The SMILES string of the molecule is CCc1cccc(C)c1NS(=O)(=O)CC1CCCCN1. The fraction of sp³-hybridized carbons (Fsp3) is 0.600. The first-order valence-corrected chi connectivity index (χ1v) is 8.99. The number of sulfonamides is 1. The number of piperidine rings is 1. The predicted molar refractivity (Wildman–Crippen MR) is 83.6 cm³/mol. The van der Waals surface area contributed by atoms with Gasteiger partial charge in [0.15, 0.2) is 0 Å². The fourth-order valence-electron chi connectivity index (χ4n) is 2.70. The minimum atomic E-state index is -3.30. The van der Waals surface area contributed by atoms with Gasteiger partial charge in [0.05, 0.1) is 11.4 Å². The van der Waals surface area contributed by atoms with Crippen LogP contribution < -0.4 is 10.0 Å². The van der Waals surface area contributed by atoms with Gasteiger partial charge in [-0.3, -0.25) is 4.72 Å². The van der Waals surface area contributed by atoms with Gasteiger partial charge in [-0.2, -0.15) is 0 Å².